The number of amides is 2. The molecule has 0 bridgehead atoms. The molecule has 3 rings (SSSR count). The van der Waals surface area contributed by atoms with Crippen molar-refractivity contribution in [1.82, 2.24) is 10.3 Å². The van der Waals surface area contributed by atoms with Gasteiger partial charge in [-0.1, -0.05) is 0 Å². The standard InChI is InChI=1S/C22H24BrClF2N4O4/c1-21(2,3)34-20(32)29-15-8-9-30(12-15)18-17(23)10-13(11-27-18)19(31)28-14-4-6-16(7-5-14)33-22(24,25)26/h4-7,10-11,15H,8-9,12H2,1-3H3,(H,28,31)(H,29,32)/t15-/m1/s1. The average Bonchev–Trinajstić information content (AvgIpc) is 3.14. The first-order chi connectivity index (χ1) is 15.8. The van der Waals surface area contributed by atoms with E-state index in [1.54, 1.807) is 26.8 Å². The summed E-state index contributed by atoms with van der Waals surface area (Å²) in [4.78, 5) is 31.0. The average molecular weight is 562 g/mol. The number of hydrogen-bond donors (Lipinski definition) is 2. The summed E-state index contributed by atoms with van der Waals surface area (Å²) in [6.07, 6.45) is 1.70. The molecule has 0 saturated carbocycles. The number of ether oxygens (including phenoxy) is 2. The van der Waals surface area contributed by atoms with Gasteiger partial charge < -0.3 is 25.0 Å². The lowest BCUT2D eigenvalue weighted by atomic mass is 10.2. The normalized spacial score (nSPS) is 16.2. The van der Waals surface area contributed by atoms with E-state index in [1.165, 1.54) is 30.5 Å². The number of nitrogens with one attached hydrogen (secondary N) is 2. The lowest BCUT2D eigenvalue weighted by molar-refractivity contribution is -0.0964. The molecule has 8 nitrogen and oxygen atoms in total. The van der Waals surface area contributed by atoms with Gasteiger partial charge in [0.1, 0.15) is 17.2 Å². The van der Waals surface area contributed by atoms with Crippen LogP contribution in [0.2, 0.25) is 0 Å². The fourth-order valence-electron chi connectivity index (χ4n) is 3.28. The van der Waals surface area contributed by atoms with E-state index in [2.05, 4.69) is 36.3 Å². The Morgan fingerprint density at radius 1 is 1.24 bits per heavy atom. The van der Waals surface area contributed by atoms with E-state index in [4.69, 9.17) is 16.3 Å². The van der Waals surface area contributed by atoms with Crippen LogP contribution in [0.1, 0.15) is 37.6 Å². The van der Waals surface area contributed by atoms with Gasteiger partial charge in [0.15, 0.2) is 0 Å². The van der Waals surface area contributed by atoms with Crippen molar-refractivity contribution in [3.8, 4) is 5.75 Å². The van der Waals surface area contributed by atoms with Crippen molar-refractivity contribution in [1.29, 1.82) is 0 Å². The Morgan fingerprint density at radius 2 is 1.91 bits per heavy atom. The summed E-state index contributed by atoms with van der Waals surface area (Å²) >= 11 is 8.20. The Hall–Kier alpha value is -2.66. The second-order valence-corrected chi connectivity index (χ2v) is 9.93. The van der Waals surface area contributed by atoms with Crippen molar-refractivity contribution in [2.75, 3.05) is 23.3 Å². The smallest absolute Gasteiger partial charge is 0.444 e. The summed E-state index contributed by atoms with van der Waals surface area (Å²) in [5, 5.41) is 5.52. The van der Waals surface area contributed by atoms with Crippen LogP contribution in [0.25, 0.3) is 0 Å². The SMILES string of the molecule is CC(C)(C)OC(=O)N[C@@H]1CCN(c2ncc(C(=O)Nc3ccc(OC(F)(F)Cl)cc3)cc2Br)C1. The topological polar surface area (TPSA) is 92.8 Å². The molecule has 34 heavy (non-hydrogen) atoms. The number of nitrogens with zero attached hydrogens (tertiary/aromatic N) is 2. The van der Waals surface area contributed by atoms with Gasteiger partial charge in [0.05, 0.1) is 16.1 Å². The highest BCUT2D eigenvalue weighted by atomic mass is 79.9. The van der Waals surface area contributed by atoms with Crippen LogP contribution < -0.4 is 20.3 Å². The molecule has 1 atom stereocenters. The maximum atomic E-state index is 12.7. The molecule has 0 aliphatic carbocycles. The number of benzene rings is 1. The molecule has 2 heterocycles. The summed E-state index contributed by atoms with van der Waals surface area (Å²) in [5.41, 5.74) is -3.71. The van der Waals surface area contributed by atoms with Crippen molar-refractivity contribution >= 4 is 51.0 Å². The number of alkyl halides is 3. The Balaban J connectivity index is 1.58. The summed E-state index contributed by atoms with van der Waals surface area (Å²) in [6, 6.07) is 6.90. The lowest BCUT2D eigenvalue weighted by Crippen LogP contribution is -2.40. The van der Waals surface area contributed by atoms with Gasteiger partial charge >= 0.3 is 11.7 Å². The molecular weight excluding hydrogens is 538 g/mol. The van der Waals surface area contributed by atoms with Crippen LogP contribution >= 0.6 is 27.5 Å². The molecule has 12 heteroatoms. The van der Waals surface area contributed by atoms with Crippen LogP contribution in [-0.2, 0) is 4.74 Å². The minimum atomic E-state index is -3.81. The third-order valence-corrected chi connectivity index (χ3v) is 5.30. The number of carbonyl (C=O) groups is 2. The quantitative estimate of drug-likeness (QED) is 0.461. The molecule has 2 aromatic rings. The molecule has 1 aromatic carbocycles. The fourth-order valence-corrected chi connectivity index (χ4v) is 3.96. The highest BCUT2D eigenvalue weighted by Crippen LogP contribution is 2.29. The zero-order valence-corrected chi connectivity index (χ0v) is 21.0. The van der Waals surface area contributed by atoms with Gasteiger partial charge in [0.25, 0.3) is 5.91 Å². The van der Waals surface area contributed by atoms with E-state index in [-0.39, 0.29) is 11.8 Å². The number of carbonyl (C=O) groups excluding carboxylic acids is 2. The Kier molecular flexibility index (Phi) is 7.87. The molecule has 2 amide bonds. The maximum absolute atomic E-state index is 12.7. The predicted octanol–water partition coefficient (Wildman–Crippen LogP) is 5.37. The van der Waals surface area contributed by atoms with Crippen LogP contribution in [0.5, 0.6) is 5.75 Å². The number of rotatable bonds is 6. The van der Waals surface area contributed by atoms with E-state index < -0.39 is 23.2 Å². The van der Waals surface area contributed by atoms with Gasteiger partial charge in [-0.25, -0.2) is 9.78 Å². The zero-order valence-electron chi connectivity index (χ0n) is 18.7. The molecule has 1 aromatic heterocycles. The number of pyridine rings is 1. The maximum Gasteiger partial charge on any atom is 0.487 e. The Bertz CT molecular complexity index is 1040. The highest BCUT2D eigenvalue weighted by molar-refractivity contribution is 9.10. The number of halogens is 4. The van der Waals surface area contributed by atoms with E-state index in [0.29, 0.717) is 34.6 Å². The molecule has 1 aliphatic heterocycles. The molecule has 0 spiro atoms. The number of hydrogen-bond acceptors (Lipinski definition) is 6. The van der Waals surface area contributed by atoms with E-state index in [1.807, 2.05) is 4.90 Å². The monoisotopic (exact) mass is 560 g/mol. The minimum absolute atomic E-state index is 0.0859. The third-order valence-electron chi connectivity index (χ3n) is 4.64. The van der Waals surface area contributed by atoms with Crippen molar-refractivity contribution in [2.45, 2.75) is 44.4 Å². The number of aromatic nitrogens is 1. The first-order valence-electron chi connectivity index (χ1n) is 10.4. The van der Waals surface area contributed by atoms with Crippen molar-refractivity contribution in [3.05, 3.63) is 46.6 Å². The van der Waals surface area contributed by atoms with Gasteiger partial charge in [0.2, 0.25) is 0 Å². The second-order valence-electron chi connectivity index (χ2n) is 8.63. The zero-order chi connectivity index (χ0) is 25.1. The van der Waals surface area contributed by atoms with Gasteiger partial charge in [0, 0.05) is 36.6 Å². The van der Waals surface area contributed by atoms with Gasteiger partial charge in [-0.15, -0.1) is 8.78 Å². The van der Waals surface area contributed by atoms with Crippen LogP contribution in [0, 0.1) is 0 Å². The predicted molar refractivity (Wildman–Crippen MR) is 128 cm³/mol. The summed E-state index contributed by atoms with van der Waals surface area (Å²) in [5.74, 6) is 0.0763. The summed E-state index contributed by atoms with van der Waals surface area (Å²) < 4.78 is 35.5. The second kappa shape index (κ2) is 10.3. The summed E-state index contributed by atoms with van der Waals surface area (Å²) in [7, 11) is 0. The summed E-state index contributed by atoms with van der Waals surface area (Å²) in [6.45, 7) is 6.63. The van der Waals surface area contributed by atoms with Gasteiger partial charge in [-0.3, -0.25) is 4.79 Å². The van der Waals surface area contributed by atoms with Crippen molar-refractivity contribution in [2.24, 2.45) is 0 Å². The van der Waals surface area contributed by atoms with Crippen LogP contribution in [0.15, 0.2) is 41.0 Å². The van der Waals surface area contributed by atoms with Crippen LogP contribution in [0.4, 0.5) is 25.1 Å². The van der Waals surface area contributed by atoms with E-state index >= 15 is 0 Å². The minimum Gasteiger partial charge on any atom is -0.444 e. The Morgan fingerprint density at radius 3 is 2.50 bits per heavy atom. The van der Waals surface area contributed by atoms with Crippen molar-refractivity contribution < 1.29 is 27.8 Å². The van der Waals surface area contributed by atoms with E-state index in [9.17, 15) is 18.4 Å². The molecule has 1 fully saturated rings. The Labute approximate surface area is 209 Å². The molecular formula is C22H24BrClF2N4O4. The third kappa shape index (κ3) is 7.69. The fraction of sp³-hybridized carbons (Fsp3) is 0.409. The molecule has 1 aliphatic rings. The number of anilines is 2. The van der Waals surface area contributed by atoms with Crippen LogP contribution in [-0.4, -0.2) is 47.3 Å². The highest BCUT2D eigenvalue weighted by Gasteiger charge is 2.29. The largest absolute Gasteiger partial charge is 0.487 e. The van der Waals surface area contributed by atoms with E-state index in [0.717, 1.165) is 6.42 Å². The lowest BCUT2D eigenvalue weighted by Gasteiger charge is -2.22. The molecule has 1 saturated heterocycles. The first kappa shape index (κ1) is 26.0. The van der Waals surface area contributed by atoms with Crippen LogP contribution in [0.3, 0.4) is 0 Å². The van der Waals surface area contributed by atoms with Gasteiger partial charge in [-0.05, 0) is 73.5 Å². The molecule has 0 radical (unpaired) electrons. The number of alkyl carbamates (subject to hydrolysis) is 1. The van der Waals surface area contributed by atoms with Gasteiger partial charge in [-0.2, -0.15) is 0 Å². The molecule has 0 unspecified atom stereocenters. The van der Waals surface area contributed by atoms with Crippen molar-refractivity contribution in [3.63, 3.8) is 0 Å². The molecule has 2 N–H and O–H groups in total. The first-order valence-corrected chi connectivity index (χ1v) is 11.5. The molecule has 184 valence electrons.